The lowest BCUT2D eigenvalue weighted by Gasteiger charge is -2.29. The quantitative estimate of drug-likeness (QED) is 0.681. The summed E-state index contributed by atoms with van der Waals surface area (Å²) < 4.78 is 17.9. The Morgan fingerprint density at radius 1 is 1.21 bits per heavy atom. The number of carbonyl (C=O) groups excluding carboxylic acids is 4. The average Bonchev–Trinajstić information content (AvgIpc) is 2.66. The number of halogens is 1. The molecule has 2 amide bonds. The molecule has 1 aliphatic carbocycles. The number of benzene rings is 1. The van der Waals surface area contributed by atoms with Crippen molar-refractivity contribution in [1.82, 2.24) is 10.6 Å². The molecular formula is C20H25FN2O5. The highest BCUT2D eigenvalue weighted by molar-refractivity contribution is 5.91. The maximum absolute atomic E-state index is 13.1. The summed E-state index contributed by atoms with van der Waals surface area (Å²) in [7, 11) is 1.22. The Labute approximate surface area is 163 Å². The first-order chi connectivity index (χ1) is 13.3. The van der Waals surface area contributed by atoms with E-state index < -0.39 is 35.7 Å². The standard InChI is InChI=1S/C20H25FN2O5/c1-12(24)22-17(10-13-6-8-15(21)9-7-13)19(26)23-18(20(27)28-2)14-4-3-5-16(25)11-14/h6-9,14,17-18H,3-5,10-11H2,1-2H3,(H,22,24)(H,23,26)/t14-,17-,18-/m0/s1. The summed E-state index contributed by atoms with van der Waals surface area (Å²) in [5, 5.41) is 5.19. The first-order valence-corrected chi connectivity index (χ1v) is 9.21. The molecule has 0 heterocycles. The van der Waals surface area contributed by atoms with Crippen LogP contribution in [0, 0.1) is 11.7 Å². The van der Waals surface area contributed by atoms with Gasteiger partial charge in [0.05, 0.1) is 7.11 Å². The number of ether oxygens (including phenoxy) is 1. The number of ketones is 1. The zero-order chi connectivity index (χ0) is 20.7. The van der Waals surface area contributed by atoms with Crippen LogP contribution in [0.3, 0.4) is 0 Å². The summed E-state index contributed by atoms with van der Waals surface area (Å²) in [6.45, 7) is 1.28. The Hall–Kier alpha value is -2.77. The molecule has 0 bridgehead atoms. The zero-order valence-corrected chi connectivity index (χ0v) is 16.0. The highest BCUT2D eigenvalue weighted by Gasteiger charge is 2.35. The van der Waals surface area contributed by atoms with E-state index in [4.69, 9.17) is 4.74 Å². The molecule has 0 saturated heterocycles. The summed E-state index contributed by atoms with van der Waals surface area (Å²) in [6, 6.07) is 3.66. The van der Waals surface area contributed by atoms with Crippen molar-refractivity contribution in [3.63, 3.8) is 0 Å². The van der Waals surface area contributed by atoms with Crippen LogP contribution in [0.2, 0.25) is 0 Å². The lowest BCUT2D eigenvalue weighted by molar-refractivity contribution is -0.147. The van der Waals surface area contributed by atoms with E-state index in [1.54, 1.807) is 0 Å². The molecule has 0 radical (unpaired) electrons. The maximum Gasteiger partial charge on any atom is 0.328 e. The van der Waals surface area contributed by atoms with Crippen LogP contribution >= 0.6 is 0 Å². The van der Waals surface area contributed by atoms with Crippen molar-refractivity contribution in [3.8, 4) is 0 Å². The SMILES string of the molecule is COC(=O)[C@@H](NC(=O)[C@H](Cc1ccc(F)cc1)NC(C)=O)[C@H]1CCCC(=O)C1. The van der Waals surface area contributed by atoms with E-state index in [1.807, 2.05) is 0 Å². The van der Waals surface area contributed by atoms with Gasteiger partial charge < -0.3 is 15.4 Å². The predicted molar refractivity (Wildman–Crippen MR) is 98.6 cm³/mol. The van der Waals surface area contributed by atoms with E-state index in [-0.39, 0.29) is 24.5 Å². The third kappa shape index (κ3) is 6.14. The fraction of sp³-hybridized carbons (Fsp3) is 0.500. The van der Waals surface area contributed by atoms with Gasteiger partial charge in [-0.3, -0.25) is 14.4 Å². The number of carbonyl (C=O) groups is 4. The first kappa shape index (κ1) is 21.5. The van der Waals surface area contributed by atoms with E-state index >= 15 is 0 Å². The molecule has 3 atom stereocenters. The van der Waals surface area contributed by atoms with Gasteiger partial charge in [-0.2, -0.15) is 0 Å². The molecule has 1 aliphatic rings. The third-order valence-electron chi connectivity index (χ3n) is 4.79. The second-order valence-electron chi connectivity index (χ2n) is 6.99. The highest BCUT2D eigenvalue weighted by Crippen LogP contribution is 2.25. The van der Waals surface area contributed by atoms with Crippen molar-refractivity contribution in [3.05, 3.63) is 35.6 Å². The van der Waals surface area contributed by atoms with E-state index in [0.29, 0.717) is 24.8 Å². The van der Waals surface area contributed by atoms with Gasteiger partial charge in [0.1, 0.15) is 23.7 Å². The fourth-order valence-electron chi connectivity index (χ4n) is 3.40. The molecule has 1 fully saturated rings. The minimum atomic E-state index is -0.966. The van der Waals surface area contributed by atoms with Gasteiger partial charge in [-0.05, 0) is 36.5 Å². The van der Waals surface area contributed by atoms with Gasteiger partial charge in [0.2, 0.25) is 11.8 Å². The van der Waals surface area contributed by atoms with Crippen LogP contribution in [0.5, 0.6) is 0 Å². The molecule has 1 saturated carbocycles. The summed E-state index contributed by atoms with van der Waals surface area (Å²) in [6.07, 6.45) is 2.07. The molecule has 1 aromatic rings. The highest BCUT2D eigenvalue weighted by atomic mass is 19.1. The van der Waals surface area contributed by atoms with Crippen LogP contribution in [0.25, 0.3) is 0 Å². The Morgan fingerprint density at radius 2 is 1.89 bits per heavy atom. The van der Waals surface area contributed by atoms with Crippen LogP contribution in [-0.4, -0.2) is 42.8 Å². The van der Waals surface area contributed by atoms with Crippen molar-refractivity contribution in [1.29, 1.82) is 0 Å². The summed E-state index contributed by atoms with van der Waals surface area (Å²) >= 11 is 0. The average molecular weight is 392 g/mol. The Kier molecular flexibility index (Phi) is 7.66. The topological polar surface area (TPSA) is 102 Å². The molecule has 1 aromatic carbocycles. The lowest BCUT2D eigenvalue weighted by atomic mass is 9.83. The van der Waals surface area contributed by atoms with Crippen molar-refractivity contribution in [2.24, 2.45) is 5.92 Å². The van der Waals surface area contributed by atoms with E-state index in [9.17, 15) is 23.6 Å². The molecule has 7 nitrogen and oxygen atoms in total. The smallest absolute Gasteiger partial charge is 0.328 e. The number of nitrogens with one attached hydrogen (secondary N) is 2. The maximum atomic E-state index is 13.1. The number of Topliss-reactive ketones (excluding diaryl/α,β-unsaturated/α-hetero) is 1. The second-order valence-corrected chi connectivity index (χ2v) is 6.99. The van der Waals surface area contributed by atoms with E-state index in [2.05, 4.69) is 10.6 Å². The van der Waals surface area contributed by atoms with Crippen molar-refractivity contribution < 1.29 is 28.3 Å². The summed E-state index contributed by atoms with van der Waals surface area (Å²) in [5.74, 6) is -2.31. The molecule has 8 heteroatoms. The number of hydrogen-bond acceptors (Lipinski definition) is 5. The van der Waals surface area contributed by atoms with Crippen LogP contribution in [0.15, 0.2) is 24.3 Å². The molecule has 152 valence electrons. The van der Waals surface area contributed by atoms with Gasteiger partial charge in [-0.1, -0.05) is 12.1 Å². The van der Waals surface area contributed by atoms with Gasteiger partial charge in [-0.25, -0.2) is 9.18 Å². The van der Waals surface area contributed by atoms with Gasteiger partial charge in [-0.15, -0.1) is 0 Å². The Morgan fingerprint density at radius 3 is 2.46 bits per heavy atom. The minimum Gasteiger partial charge on any atom is -0.467 e. The molecule has 0 spiro atoms. The monoisotopic (exact) mass is 392 g/mol. The van der Waals surface area contributed by atoms with Gasteiger partial charge in [0.15, 0.2) is 0 Å². The third-order valence-corrected chi connectivity index (χ3v) is 4.79. The van der Waals surface area contributed by atoms with E-state index in [1.165, 1.54) is 38.3 Å². The molecule has 0 aliphatic heterocycles. The molecule has 2 rings (SSSR count). The molecule has 28 heavy (non-hydrogen) atoms. The van der Waals surface area contributed by atoms with Crippen molar-refractivity contribution in [2.75, 3.05) is 7.11 Å². The molecular weight excluding hydrogens is 367 g/mol. The zero-order valence-electron chi connectivity index (χ0n) is 16.0. The predicted octanol–water partition coefficient (Wildman–Crippen LogP) is 1.29. The first-order valence-electron chi connectivity index (χ1n) is 9.21. The summed E-state index contributed by atoms with van der Waals surface area (Å²) in [5.41, 5.74) is 0.651. The normalized spacial score (nSPS) is 18.7. The van der Waals surface area contributed by atoms with Crippen molar-refractivity contribution in [2.45, 2.75) is 51.1 Å². The van der Waals surface area contributed by atoms with Crippen LogP contribution in [0.4, 0.5) is 4.39 Å². The molecule has 0 unspecified atom stereocenters. The Balaban J connectivity index is 2.15. The van der Waals surface area contributed by atoms with Gasteiger partial charge in [0.25, 0.3) is 0 Å². The van der Waals surface area contributed by atoms with Crippen LogP contribution in [-0.2, 0) is 30.3 Å². The minimum absolute atomic E-state index is 0.0455. The fourth-order valence-corrected chi connectivity index (χ4v) is 3.40. The van der Waals surface area contributed by atoms with Crippen LogP contribution < -0.4 is 10.6 Å². The van der Waals surface area contributed by atoms with E-state index in [0.717, 1.165) is 0 Å². The molecule has 0 aromatic heterocycles. The number of esters is 1. The number of amides is 2. The Bertz CT molecular complexity index is 735. The van der Waals surface area contributed by atoms with Gasteiger partial charge >= 0.3 is 5.97 Å². The lowest BCUT2D eigenvalue weighted by Crippen LogP contribution is -2.55. The molecule has 2 N–H and O–H groups in total. The van der Waals surface area contributed by atoms with Gasteiger partial charge in [0, 0.05) is 26.2 Å². The second kappa shape index (κ2) is 9.96. The number of hydrogen-bond donors (Lipinski definition) is 2. The largest absolute Gasteiger partial charge is 0.467 e. The number of methoxy groups -OCH3 is 1. The summed E-state index contributed by atoms with van der Waals surface area (Å²) in [4.78, 5) is 48.3. The van der Waals surface area contributed by atoms with Crippen LogP contribution in [0.1, 0.15) is 38.2 Å². The van der Waals surface area contributed by atoms with Crippen molar-refractivity contribution >= 4 is 23.6 Å². The number of rotatable bonds is 7.